The Balaban J connectivity index is 1.69. The summed E-state index contributed by atoms with van der Waals surface area (Å²) in [5.74, 6) is -0.0586. The standard InChI is InChI=1S/C19H20ClNO/c1-15-4-6-17(7-5-15)10-13-19(22)21-14-2-3-16-8-11-18(20)12-9-16/h4-13H,2-3,14H2,1H3,(H,21,22)/b13-10+. The Bertz CT molecular complexity index is 629. The second-order valence-corrected chi connectivity index (χ2v) is 5.70. The van der Waals surface area contributed by atoms with Crippen molar-refractivity contribution >= 4 is 23.6 Å². The highest BCUT2D eigenvalue weighted by molar-refractivity contribution is 6.30. The number of carbonyl (C=O) groups excluding carboxylic acids is 1. The van der Waals surface area contributed by atoms with Crippen molar-refractivity contribution < 1.29 is 4.79 Å². The van der Waals surface area contributed by atoms with Crippen LogP contribution in [0.25, 0.3) is 6.08 Å². The maximum absolute atomic E-state index is 11.7. The molecule has 0 fully saturated rings. The lowest BCUT2D eigenvalue weighted by molar-refractivity contribution is -0.116. The number of amides is 1. The first-order valence-electron chi connectivity index (χ1n) is 7.40. The van der Waals surface area contributed by atoms with E-state index >= 15 is 0 Å². The van der Waals surface area contributed by atoms with Crippen molar-refractivity contribution in [3.63, 3.8) is 0 Å². The van der Waals surface area contributed by atoms with E-state index < -0.39 is 0 Å². The zero-order valence-electron chi connectivity index (χ0n) is 12.7. The minimum atomic E-state index is -0.0586. The van der Waals surface area contributed by atoms with Gasteiger partial charge in [0.15, 0.2) is 0 Å². The van der Waals surface area contributed by atoms with Crippen molar-refractivity contribution in [2.75, 3.05) is 6.54 Å². The molecule has 0 spiro atoms. The molecule has 0 bridgehead atoms. The van der Waals surface area contributed by atoms with Crippen molar-refractivity contribution in [1.82, 2.24) is 5.32 Å². The maximum Gasteiger partial charge on any atom is 0.243 e. The van der Waals surface area contributed by atoms with Crippen LogP contribution in [0.4, 0.5) is 0 Å². The summed E-state index contributed by atoms with van der Waals surface area (Å²) in [5.41, 5.74) is 3.47. The van der Waals surface area contributed by atoms with Crippen molar-refractivity contribution in [2.45, 2.75) is 19.8 Å². The first-order chi connectivity index (χ1) is 10.6. The highest BCUT2D eigenvalue weighted by Gasteiger charge is 1.97. The Morgan fingerprint density at radius 1 is 1.09 bits per heavy atom. The third-order valence-electron chi connectivity index (χ3n) is 3.36. The molecule has 0 saturated heterocycles. The third-order valence-corrected chi connectivity index (χ3v) is 3.61. The first-order valence-corrected chi connectivity index (χ1v) is 7.78. The summed E-state index contributed by atoms with van der Waals surface area (Å²) in [6, 6.07) is 15.9. The van der Waals surface area contributed by atoms with Crippen molar-refractivity contribution in [3.8, 4) is 0 Å². The van der Waals surface area contributed by atoms with Crippen LogP contribution in [0.15, 0.2) is 54.6 Å². The molecule has 2 aromatic rings. The minimum absolute atomic E-state index is 0.0586. The molecule has 2 rings (SSSR count). The SMILES string of the molecule is Cc1ccc(/C=C/C(=O)NCCCc2ccc(Cl)cc2)cc1. The molecule has 0 aromatic heterocycles. The summed E-state index contributed by atoms with van der Waals surface area (Å²) in [6.45, 7) is 2.71. The Kier molecular flexibility index (Phi) is 6.23. The minimum Gasteiger partial charge on any atom is -0.353 e. The molecule has 0 atom stereocenters. The molecule has 0 saturated carbocycles. The molecule has 2 nitrogen and oxygen atoms in total. The smallest absolute Gasteiger partial charge is 0.243 e. The van der Waals surface area contributed by atoms with E-state index in [1.165, 1.54) is 11.1 Å². The third kappa shape index (κ3) is 5.74. The first kappa shape index (κ1) is 16.3. The average molecular weight is 314 g/mol. The topological polar surface area (TPSA) is 29.1 Å². The largest absolute Gasteiger partial charge is 0.353 e. The molecule has 3 heteroatoms. The molecule has 0 aliphatic carbocycles. The van der Waals surface area contributed by atoms with Gasteiger partial charge in [-0.2, -0.15) is 0 Å². The zero-order valence-corrected chi connectivity index (χ0v) is 13.4. The number of benzene rings is 2. The molecular formula is C19H20ClNO. The maximum atomic E-state index is 11.7. The van der Waals surface area contributed by atoms with E-state index in [9.17, 15) is 4.79 Å². The van der Waals surface area contributed by atoms with Gasteiger partial charge < -0.3 is 5.32 Å². The van der Waals surface area contributed by atoms with Gasteiger partial charge in [-0.25, -0.2) is 0 Å². The highest BCUT2D eigenvalue weighted by atomic mass is 35.5. The average Bonchev–Trinajstić information content (AvgIpc) is 2.53. The van der Waals surface area contributed by atoms with Crippen LogP contribution in [-0.2, 0) is 11.2 Å². The number of rotatable bonds is 6. The number of carbonyl (C=O) groups is 1. The molecule has 0 aliphatic rings. The van der Waals surface area contributed by atoms with Crippen molar-refractivity contribution in [2.24, 2.45) is 0 Å². The van der Waals surface area contributed by atoms with Crippen LogP contribution < -0.4 is 5.32 Å². The summed E-state index contributed by atoms with van der Waals surface area (Å²) < 4.78 is 0. The fraction of sp³-hybridized carbons (Fsp3) is 0.211. The van der Waals surface area contributed by atoms with E-state index in [-0.39, 0.29) is 5.91 Å². The van der Waals surface area contributed by atoms with Gasteiger partial charge in [-0.3, -0.25) is 4.79 Å². The van der Waals surface area contributed by atoms with Crippen LogP contribution in [-0.4, -0.2) is 12.5 Å². The van der Waals surface area contributed by atoms with Gasteiger partial charge in [0.2, 0.25) is 5.91 Å². The summed E-state index contributed by atoms with van der Waals surface area (Å²) in [4.78, 5) is 11.7. The van der Waals surface area contributed by atoms with Crippen LogP contribution >= 0.6 is 11.6 Å². The van der Waals surface area contributed by atoms with E-state index in [0.29, 0.717) is 6.54 Å². The predicted molar refractivity (Wildman–Crippen MR) is 93.0 cm³/mol. The predicted octanol–water partition coefficient (Wildman–Crippen LogP) is 4.41. The lowest BCUT2D eigenvalue weighted by atomic mass is 10.1. The second kappa shape index (κ2) is 8.40. The molecule has 0 heterocycles. The summed E-state index contributed by atoms with van der Waals surface area (Å²) in [5, 5.41) is 3.64. The molecule has 0 unspecified atom stereocenters. The second-order valence-electron chi connectivity index (χ2n) is 5.27. The van der Waals surface area contributed by atoms with Gasteiger partial charge in [-0.15, -0.1) is 0 Å². The normalized spacial score (nSPS) is 10.8. The van der Waals surface area contributed by atoms with Gasteiger partial charge in [0, 0.05) is 17.6 Å². The van der Waals surface area contributed by atoms with E-state index in [1.807, 2.05) is 61.5 Å². The number of nitrogens with one attached hydrogen (secondary N) is 1. The van der Waals surface area contributed by atoms with Crippen LogP contribution in [0.3, 0.4) is 0 Å². The molecule has 2 aromatic carbocycles. The van der Waals surface area contributed by atoms with Gasteiger partial charge in [-0.05, 0) is 49.1 Å². The highest BCUT2D eigenvalue weighted by Crippen LogP contribution is 2.10. The molecule has 0 aliphatic heterocycles. The lowest BCUT2D eigenvalue weighted by Crippen LogP contribution is -2.22. The number of aryl methyl sites for hydroxylation is 2. The molecule has 1 amide bonds. The zero-order chi connectivity index (χ0) is 15.8. The van der Waals surface area contributed by atoms with Crippen molar-refractivity contribution in [1.29, 1.82) is 0 Å². The molecule has 22 heavy (non-hydrogen) atoms. The molecule has 0 radical (unpaired) electrons. The van der Waals surface area contributed by atoms with Crippen LogP contribution in [0.2, 0.25) is 5.02 Å². The fourth-order valence-corrected chi connectivity index (χ4v) is 2.19. The summed E-state index contributed by atoms with van der Waals surface area (Å²) in [6.07, 6.45) is 5.24. The van der Waals surface area contributed by atoms with Crippen LogP contribution in [0.1, 0.15) is 23.1 Å². The van der Waals surface area contributed by atoms with Gasteiger partial charge >= 0.3 is 0 Å². The van der Waals surface area contributed by atoms with E-state index in [4.69, 9.17) is 11.6 Å². The molecule has 114 valence electrons. The Morgan fingerprint density at radius 2 is 1.77 bits per heavy atom. The quantitative estimate of drug-likeness (QED) is 0.621. The van der Waals surface area contributed by atoms with Gasteiger partial charge in [0.25, 0.3) is 0 Å². The summed E-state index contributed by atoms with van der Waals surface area (Å²) in [7, 11) is 0. The van der Waals surface area contributed by atoms with E-state index in [0.717, 1.165) is 23.4 Å². The molecular weight excluding hydrogens is 294 g/mol. The van der Waals surface area contributed by atoms with Gasteiger partial charge in [0.1, 0.15) is 0 Å². The molecule has 1 N–H and O–H groups in total. The van der Waals surface area contributed by atoms with Crippen LogP contribution in [0.5, 0.6) is 0 Å². The monoisotopic (exact) mass is 313 g/mol. The Morgan fingerprint density at radius 3 is 2.45 bits per heavy atom. The van der Waals surface area contributed by atoms with Gasteiger partial charge in [-0.1, -0.05) is 53.6 Å². The van der Waals surface area contributed by atoms with Crippen molar-refractivity contribution in [3.05, 3.63) is 76.3 Å². The van der Waals surface area contributed by atoms with Crippen LogP contribution in [0, 0.1) is 6.92 Å². The number of hydrogen-bond acceptors (Lipinski definition) is 1. The van der Waals surface area contributed by atoms with E-state index in [2.05, 4.69) is 5.32 Å². The lowest BCUT2D eigenvalue weighted by Gasteiger charge is -2.03. The van der Waals surface area contributed by atoms with E-state index in [1.54, 1.807) is 6.08 Å². The number of hydrogen-bond donors (Lipinski definition) is 1. The Hall–Kier alpha value is -2.06. The Labute approximate surface area is 136 Å². The summed E-state index contributed by atoms with van der Waals surface area (Å²) >= 11 is 5.84. The van der Waals surface area contributed by atoms with Gasteiger partial charge in [0.05, 0.1) is 0 Å². The number of halogens is 1. The fourth-order valence-electron chi connectivity index (χ4n) is 2.06.